The summed E-state index contributed by atoms with van der Waals surface area (Å²) >= 11 is 5.69. The van der Waals surface area contributed by atoms with Gasteiger partial charge in [-0.05, 0) is 12.1 Å². The molecule has 0 heterocycles. The highest BCUT2D eigenvalue weighted by Crippen LogP contribution is 2.22. The van der Waals surface area contributed by atoms with E-state index in [-0.39, 0.29) is 18.7 Å². The van der Waals surface area contributed by atoms with Crippen LogP contribution >= 0.6 is 11.6 Å². The van der Waals surface area contributed by atoms with Gasteiger partial charge >= 0.3 is 5.97 Å². The van der Waals surface area contributed by atoms with Crippen LogP contribution < -0.4 is 11.1 Å². The van der Waals surface area contributed by atoms with E-state index in [0.717, 1.165) is 0 Å². The second-order valence-corrected chi connectivity index (χ2v) is 3.71. The number of nitrogens with two attached hydrogens (primary N) is 1. The van der Waals surface area contributed by atoms with Crippen molar-refractivity contribution >= 4 is 34.9 Å². The molecule has 0 saturated carbocycles. The van der Waals surface area contributed by atoms with Crippen molar-refractivity contribution in [1.29, 1.82) is 0 Å². The Kier molecular flexibility index (Phi) is 4.78. The molecule has 1 aromatic carbocycles. The molecule has 5 nitrogen and oxygen atoms in total. The van der Waals surface area contributed by atoms with E-state index in [1.165, 1.54) is 19.2 Å². The van der Waals surface area contributed by atoms with Crippen LogP contribution in [0, 0.1) is 6.07 Å². The zero-order valence-corrected chi connectivity index (χ0v) is 10.0. The standard InChI is InChI=1S/C11H12ClN2O3/c1-17-11(16)5-4-10(15)14-9-3-2-7(12)6-8(9)13/h2,6H,4-5,13H2,1H3,(H,14,15). The molecule has 0 spiro atoms. The maximum absolute atomic E-state index is 11.4. The molecule has 1 radical (unpaired) electrons. The van der Waals surface area contributed by atoms with Gasteiger partial charge in [-0.2, -0.15) is 0 Å². The summed E-state index contributed by atoms with van der Waals surface area (Å²) in [4.78, 5) is 22.3. The molecule has 1 amide bonds. The molecule has 17 heavy (non-hydrogen) atoms. The fourth-order valence-corrected chi connectivity index (χ4v) is 1.29. The van der Waals surface area contributed by atoms with Gasteiger partial charge in [0.15, 0.2) is 0 Å². The van der Waals surface area contributed by atoms with E-state index in [4.69, 9.17) is 17.3 Å². The van der Waals surface area contributed by atoms with Crippen molar-refractivity contribution in [3.05, 3.63) is 23.2 Å². The lowest BCUT2D eigenvalue weighted by molar-refractivity contribution is -0.141. The van der Waals surface area contributed by atoms with E-state index in [1.807, 2.05) is 0 Å². The fourth-order valence-electron chi connectivity index (χ4n) is 1.11. The van der Waals surface area contributed by atoms with Gasteiger partial charge in [0.25, 0.3) is 0 Å². The molecule has 0 unspecified atom stereocenters. The van der Waals surface area contributed by atoms with Crippen LogP contribution in [-0.2, 0) is 14.3 Å². The third kappa shape index (κ3) is 4.32. The number of nitrogen functional groups attached to an aromatic ring is 1. The predicted octanol–water partition coefficient (Wildman–Crippen LogP) is 1.61. The zero-order valence-electron chi connectivity index (χ0n) is 9.25. The van der Waals surface area contributed by atoms with Crippen LogP contribution in [0.3, 0.4) is 0 Å². The highest BCUT2D eigenvalue weighted by molar-refractivity contribution is 6.31. The summed E-state index contributed by atoms with van der Waals surface area (Å²) in [5.41, 5.74) is 6.30. The summed E-state index contributed by atoms with van der Waals surface area (Å²) in [6.45, 7) is 0. The minimum atomic E-state index is -0.437. The molecule has 0 bridgehead atoms. The molecule has 0 aromatic heterocycles. The SMILES string of the molecule is COC(=O)CCC(=O)Nc1[c]cc(Cl)cc1N. The molecule has 0 saturated heterocycles. The van der Waals surface area contributed by atoms with Crippen LogP contribution in [0.25, 0.3) is 0 Å². The molecule has 1 rings (SSSR count). The van der Waals surface area contributed by atoms with Crippen LogP contribution in [0.5, 0.6) is 0 Å². The maximum Gasteiger partial charge on any atom is 0.306 e. The van der Waals surface area contributed by atoms with Crippen LogP contribution in [0.4, 0.5) is 11.4 Å². The molecular weight excluding hydrogens is 244 g/mol. The normalized spacial score (nSPS) is 9.76. The number of halogens is 1. The van der Waals surface area contributed by atoms with E-state index in [9.17, 15) is 9.59 Å². The first-order valence-corrected chi connectivity index (χ1v) is 5.24. The lowest BCUT2D eigenvalue weighted by Crippen LogP contribution is -2.15. The fraction of sp³-hybridized carbons (Fsp3) is 0.273. The Hall–Kier alpha value is -1.75. The Labute approximate surface area is 104 Å². The Bertz CT molecular complexity index is 435. The summed E-state index contributed by atoms with van der Waals surface area (Å²) < 4.78 is 4.42. The molecule has 1 aromatic rings. The first kappa shape index (κ1) is 13.3. The number of nitrogens with one attached hydrogen (secondary N) is 1. The van der Waals surface area contributed by atoms with Gasteiger partial charge in [0, 0.05) is 17.5 Å². The Morgan fingerprint density at radius 2 is 2.24 bits per heavy atom. The summed E-state index contributed by atoms with van der Waals surface area (Å²) in [6.07, 6.45) is 0.0540. The lowest BCUT2D eigenvalue weighted by atomic mass is 10.2. The lowest BCUT2D eigenvalue weighted by Gasteiger charge is -2.07. The average molecular weight is 256 g/mol. The van der Waals surface area contributed by atoms with Gasteiger partial charge in [-0.3, -0.25) is 9.59 Å². The quantitative estimate of drug-likeness (QED) is 0.633. The van der Waals surface area contributed by atoms with E-state index in [0.29, 0.717) is 16.4 Å². The Morgan fingerprint density at radius 1 is 1.53 bits per heavy atom. The van der Waals surface area contributed by atoms with Gasteiger partial charge in [-0.15, -0.1) is 0 Å². The van der Waals surface area contributed by atoms with E-state index in [2.05, 4.69) is 16.1 Å². The van der Waals surface area contributed by atoms with E-state index >= 15 is 0 Å². The number of ether oxygens (including phenoxy) is 1. The van der Waals surface area contributed by atoms with Crippen molar-refractivity contribution in [3.63, 3.8) is 0 Å². The number of carbonyl (C=O) groups is 2. The molecule has 0 atom stereocenters. The highest BCUT2D eigenvalue weighted by Gasteiger charge is 2.09. The number of esters is 1. The third-order valence-corrected chi connectivity index (χ3v) is 2.20. The summed E-state index contributed by atoms with van der Waals surface area (Å²) in [6, 6.07) is 5.73. The van der Waals surface area contributed by atoms with Crippen molar-refractivity contribution in [2.75, 3.05) is 18.2 Å². The Balaban J connectivity index is 2.53. The molecule has 0 aliphatic carbocycles. The number of amides is 1. The van der Waals surface area contributed by atoms with Crippen LogP contribution in [0.2, 0.25) is 5.02 Å². The number of hydrogen-bond acceptors (Lipinski definition) is 4. The number of methoxy groups -OCH3 is 1. The third-order valence-electron chi connectivity index (χ3n) is 1.98. The van der Waals surface area contributed by atoms with Crippen molar-refractivity contribution in [2.24, 2.45) is 0 Å². The number of rotatable bonds is 4. The topological polar surface area (TPSA) is 81.4 Å². The number of hydrogen-bond donors (Lipinski definition) is 2. The first-order valence-electron chi connectivity index (χ1n) is 4.86. The van der Waals surface area contributed by atoms with E-state index < -0.39 is 5.97 Å². The summed E-state index contributed by atoms with van der Waals surface area (Å²) in [7, 11) is 1.27. The monoisotopic (exact) mass is 255 g/mol. The molecule has 0 aliphatic heterocycles. The van der Waals surface area contributed by atoms with Gasteiger partial charge in [0.2, 0.25) is 5.91 Å². The summed E-state index contributed by atoms with van der Waals surface area (Å²) in [5, 5.41) is 2.97. The maximum atomic E-state index is 11.4. The van der Waals surface area contributed by atoms with Crippen LogP contribution in [-0.4, -0.2) is 19.0 Å². The Morgan fingerprint density at radius 3 is 2.82 bits per heavy atom. The molecular formula is C11H12ClN2O3. The second kappa shape index (κ2) is 6.10. The average Bonchev–Trinajstić information content (AvgIpc) is 2.29. The molecule has 0 aliphatic rings. The highest BCUT2D eigenvalue weighted by atomic mass is 35.5. The van der Waals surface area contributed by atoms with Crippen LogP contribution in [0.1, 0.15) is 12.8 Å². The van der Waals surface area contributed by atoms with Crippen molar-refractivity contribution in [1.82, 2.24) is 0 Å². The summed E-state index contributed by atoms with van der Waals surface area (Å²) in [5.74, 6) is -0.770. The minimum Gasteiger partial charge on any atom is -0.469 e. The van der Waals surface area contributed by atoms with Crippen molar-refractivity contribution in [2.45, 2.75) is 12.8 Å². The number of carbonyl (C=O) groups excluding carboxylic acids is 2. The first-order chi connectivity index (χ1) is 8.02. The largest absolute Gasteiger partial charge is 0.469 e. The van der Waals surface area contributed by atoms with Gasteiger partial charge in [0.1, 0.15) is 0 Å². The molecule has 91 valence electrons. The molecule has 0 fully saturated rings. The predicted molar refractivity (Wildman–Crippen MR) is 64.6 cm³/mol. The molecule has 6 heteroatoms. The van der Waals surface area contributed by atoms with Gasteiger partial charge in [0.05, 0.1) is 24.9 Å². The minimum absolute atomic E-state index is 0.0236. The van der Waals surface area contributed by atoms with Crippen LogP contribution in [0.15, 0.2) is 12.1 Å². The molecule has 3 N–H and O–H groups in total. The van der Waals surface area contributed by atoms with Gasteiger partial charge in [-0.1, -0.05) is 11.6 Å². The zero-order chi connectivity index (χ0) is 12.8. The second-order valence-electron chi connectivity index (χ2n) is 3.27. The number of benzene rings is 1. The smallest absolute Gasteiger partial charge is 0.306 e. The number of anilines is 2. The van der Waals surface area contributed by atoms with Gasteiger partial charge in [-0.25, -0.2) is 0 Å². The van der Waals surface area contributed by atoms with Crippen molar-refractivity contribution < 1.29 is 14.3 Å². The van der Waals surface area contributed by atoms with E-state index in [1.54, 1.807) is 0 Å². The van der Waals surface area contributed by atoms with Gasteiger partial charge < -0.3 is 15.8 Å². The van der Waals surface area contributed by atoms with Crippen molar-refractivity contribution in [3.8, 4) is 0 Å².